The molecule has 0 heterocycles. The van der Waals surface area contributed by atoms with Crippen molar-refractivity contribution in [1.82, 2.24) is 10.8 Å². The second kappa shape index (κ2) is 11.7. The van der Waals surface area contributed by atoms with E-state index in [-0.39, 0.29) is 58.2 Å². The molecule has 0 aromatic heterocycles. The van der Waals surface area contributed by atoms with Crippen molar-refractivity contribution in [3.63, 3.8) is 0 Å². The number of nitrogens with zero attached hydrogens (tertiary/aromatic N) is 2. The first-order chi connectivity index (χ1) is 15.1. The first kappa shape index (κ1) is 25.4. The summed E-state index contributed by atoms with van der Waals surface area (Å²) in [4.78, 5) is 61.5. The first-order valence-electron chi connectivity index (χ1n) is 10.5. The molecule has 0 bridgehead atoms. The molecule has 2 aliphatic rings. The van der Waals surface area contributed by atoms with Crippen molar-refractivity contribution in [1.29, 1.82) is 0 Å². The third-order valence-corrected chi connectivity index (χ3v) is 6.27. The maximum Gasteiger partial charge on any atom is 0.307 e. The maximum absolute atomic E-state index is 12.4. The van der Waals surface area contributed by atoms with Gasteiger partial charge in [0.1, 0.15) is 0 Å². The Labute approximate surface area is 182 Å². The van der Waals surface area contributed by atoms with Gasteiger partial charge >= 0.3 is 11.9 Å². The summed E-state index contributed by atoms with van der Waals surface area (Å²) in [6.45, 7) is 0.108. The van der Waals surface area contributed by atoms with Gasteiger partial charge in [0.05, 0.1) is 24.4 Å². The lowest BCUT2D eigenvalue weighted by Gasteiger charge is -2.30. The number of hydroxylamine groups is 1. The number of aliphatic carboxylic acids is 2. The van der Waals surface area contributed by atoms with Gasteiger partial charge in [-0.15, -0.1) is 0 Å². The Morgan fingerprint density at radius 1 is 0.844 bits per heavy atom. The van der Waals surface area contributed by atoms with Crippen LogP contribution in [-0.4, -0.2) is 69.7 Å². The monoisotopic (exact) mass is 460 g/mol. The second-order valence-corrected chi connectivity index (χ2v) is 8.26. The van der Waals surface area contributed by atoms with Crippen LogP contribution in [0.25, 0.3) is 0 Å². The molecule has 0 saturated heterocycles. The smallest absolute Gasteiger partial charge is 0.307 e. The van der Waals surface area contributed by atoms with Crippen LogP contribution in [0.3, 0.4) is 0 Å². The molecule has 2 saturated carbocycles. The highest BCUT2D eigenvalue weighted by atomic mass is 16.6. The highest BCUT2D eigenvalue weighted by Gasteiger charge is 2.43. The Bertz CT molecular complexity index is 733. The van der Waals surface area contributed by atoms with Crippen LogP contribution in [0.15, 0.2) is 0 Å². The molecule has 2 aliphatic carbocycles. The van der Waals surface area contributed by atoms with Crippen molar-refractivity contribution in [2.75, 3.05) is 19.7 Å². The molecule has 2 rings (SSSR count). The van der Waals surface area contributed by atoms with Crippen molar-refractivity contribution in [3.05, 3.63) is 20.2 Å². The molecule has 32 heavy (non-hydrogen) atoms. The number of nitro groups is 2. The summed E-state index contributed by atoms with van der Waals surface area (Å²) in [5, 5.41) is 43.1. The van der Waals surface area contributed by atoms with Gasteiger partial charge in [0.2, 0.25) is 18.0 Å². The number of carboxylic acids is 2. The molecule has 180 valence electrons. The van der Waals surface area contributed by atoms with Crippen LogP contribution >= 0.6 is 0 Å². The summed E-state index contributed by atoms with van der Waals surface area (Å²) in [5.74, 6) is -6.03. The number of carbonyl (C=O) groups is 3. The van der Waals surface area contributed by atoms with Crippen LogP contribution in [-0.2, 0) is 19.2 Å². The van der Waals surface area contributed by atoms with Gasteiger partial charge in [-0.05, 0) is 12.8 Å². The molecule has 14 nitrogen and oxygen atoms in total. The van der Waals surface area contributed by atoms with Gasteiger partial charge in [-0.1, -0.05) is 0 Å². The molecule has 1 amide bonds. The Hall–Kier alpha value is -2.87. The molecule has 0 spiro atoms. The van der Waals surface area contributed by atoms with Gasteiger partial charge < -0.3 is 20.4 Å². The van der Waals surface area contributed by atoms with Gasteiger partial charge in [0, 0.05) is 54.5 Å². The number of hydrogen-bond donors (Lipinski definition) is 4. The maximum atomic E-state index is 12.4. The van der Waals surface area contributed by atoms with E-state index in [0.29, 0.717) is 0 Å². The van der Waals surface area contributed by atoms with Gasteiger partial charge in [0.15, 0.2) is 0 Å². The van der Waals surface area contributed by atoms with Crippen molar-refractivity contribution in [3.8, 4) is 0 Å². The van der Waals surface area contributed by atoms with Gasteiger partial charge in [-0.3, -0.25) is 34.6 Å². The fraction of sp³-hybridized carbons (Fsp3) is 0.833. The third-order valence-electron chi connectivity index (χ3n) is 6.27. The summed E-state index contributed by atoms with van der Waals surface area (Å²) in [6.07, 6.45) is 0.516. The minimum Gasteiger partial charge on any atom is -0.481 e. The average molecular weight is 460 g/mol. The van der Waals surface area contributed by atoms with Crippen LogP contribution in [0.5, 0.6) is 0 Å². The Balaban J connectivity index is 1.75. The van der Waals surface area contributed by atoms with E-state index in [1.165, 1.54) is 0 Å². The van der Waals surface area contributed by atoms with Crippen molar-refractivity contribution < 1.29 is 39.3 Å². The van der Waals surface area contributed by atoms with Crippen LogP contribution in [0.1, 0.15) is 38.5 Å². The molecule has 0 radical (unpaired) electrons. The topological polar surface area (TPSA) is 211 Å². The second-order valence-electron chi connectivity index (χ2n) is 8.26. The first-order valence-corrected chi connectivity index (χ1v) is 10.5. The summed E-state index contributed by atoms with van der Waals surface area (Å²) in [5.41, 5.74) is 2.55. The third kappa shape index (κ3) is 6.82. The van der Waals surface area contributed by atoms with Crippen molar-refractivity contribution >= 4 is 17.8 Å². The van der Waals surface area contributed by atoms with E-state index < -0.39 is 63.4 Å². The molecule has 2 fully saturated rings. The number of nitrogens with one attached hydrogen (secondary N) is 2. The molecule has 6 unspecified atom stereocenters. The average Bonchev–Trinajstić information content (AvgIpc) is 2.74. The van der Waals surface area contributed by atoms with Crippen LogP contribution in [0, 0.1) is 43.9 Å². The van der Waals surface area contributed by atoms with Crippen molar-refractivity contribution in [2.24, 2.45) is 23.7 Å². The number of rotatable bonds is 11. The van der Waals surface area contributed by atoms with Gasteiger partial charge in [-0.2, -0.15) is 0 Å². The van der Waals surface area contributed by atoms with E-state index in [1.54, 1.807) is 0 Å². The normalized spacial score (nSPS) is 30.2. The lowest BCUT2D eigenvalue weighted by atomic mass is 9.76. The summed E-state index contributed by atoms with van der Waals surface area (Å²) in [7, 11) is 0. The SMILES string of the molecule is O=C(O)C1CCC([N+](=O)[O-])CC1CONCCNC(=O)C1CC([N+](=O)[O-])CCC1C(=O)O. The molecule has 0 aromatic rings. The predicted octanol–water partition coefficient (Wildman–Crippen LogP) is -0.0838. The molecule has 14 heteroatoms. The van der Waals surface area contributed by atoms with E-state index in [1.807, 2.05) is 0 Å². The highest BCUT2D eigenvalue weighted by Crippen LogP contribution is 2.33. The Kier molecular flexibility index (Phi) is 9.26. The minimum atomic E-state index is -1.16. The molecule has 0 aromatic carbocycles. The molecule has 6 atom stereocenters. The fourth-order valence-electron chi connectivity index (χ4n) is 4.47. The van der Waals surface area contributed by atoms with Gasteiger partial charge in [0.25, 0.3) is 0 Å². The number of carboxylic acid groups (broad SMARTS) is 2. The minimum absolute atomic E-state index is 0.0509. The van der Waals surface area contributed by atoms with Crippen LogP contribution < -0.4 is 10.8 Å². The molecule has 0 aliphatic heterocycles. The Morgan fingerprint density at radius 3 is 1.97 bits per heavy atom. The largest absolute Gasteiger partial charge is 0.481 e. The zero-order chi connectivity index (χ0) is 23.8. The highest BCUT2D eigenvalue weighted by molar-refractivity contribution is 5.85. The number of amides is 1. The summed E-state index contributed by atoms with van der Waals surface area (Å²) < 4.78 is 0. The van der Waals surface area contributed by atoms with Crippen LogP contribution in [0.2, 0.25) is 0 Å². The Morgan fingerprint density at radius 2 is 1.41 bits per heavy atom. The standard InChI is InChI=1S/C18H28N4O10/c23-16(15-8-12(22(30)31)2-4-14(15)18(26)27)19-5-6-20-32-9-10-7-11(21(28)29)1-3-13(10)17(24)25/h10-15,20H,1-9H2,(H,19,23)(H,24,25)(H,26,27). The van der Waals surface area contributed by atoms with E-state index in [9.17, 15) is 44.8 Å². The van der Waals surface area contributed by atoms with Gasteiger partial charge in [-0.25, -0.2) is 5.48 Å². The predicted molar refractivity (Wildman–Crippen MR) is 105 cm³/mol. The quantitative estimate of drug-likeness (QED) is 0.182. The van der Waals surface area contributed by atoms with E-state index in [4.69, 9.17) is 4.84 Å². The molecular weight excluding hydrogens is 432 g/mol. The van der Waals surface area contributed by atoms with Crippen molar-refractivity contribution in [2.45, 2.75) is 50.6 Å². The summed E-state index contributed by atoms with van der Waals surface area (Å²) in [6, 6.07) is -1.76. The number of carbonyl (C=O) groups excluding carboxylic acids is 1. The zero-order valence-electron chi connectivity index (χ0n) is 17.4. The lowest BCUT2D eigenvalue weighted by Crippen LogP contribution is -2.45. The van der Waals surface area contributed by atoms with E-state index in [0.717, 1.165) is 0 Å². The van der Waals surface area contributed by atoms with E-state index >= 15 is 0 Å². The van der Waals surface area contributed by atoms with Crippen LogP contribution in [0.4, 0.5) is 0 Å². The zero-order valence-corrected chi connectivity index (χ0v) is 17.4. The molecular formula is C18H28N4O10. The van der Waals surface area contributed by atoms with E-state index in [2.05, 4.69) is 10.8 Å². The lowest BCUT2D eigenvalue weighted by molar-refractivity contribution is -0.528. The molecule has 4 N–H and O–H groups in total. The fourth-order valence-corrected chi connectivity index (χ4v) is 4.47. The number of hydrogen-bond acceptors (Lipinski definition) is 9. The summed E-state index contributed by atoms with van der Waals surface area (Å²) >= 11 is 0.